The molecule has 4 rings (SSSR count). The Balaban J connectivity index is 1.80. The van der Waals surface area contributed by atoms with Crippen molar-refractivity contribution in [3.63, 3.8) is 0 Å². The van der Waals surface area contributed by atoms with Crippen molar-refractivity contribution in [2.24, 2.45) is 5.92 Å². The summed E-state index contributed by atoms with van der Waals surface area (Å²) in [6.07, 6.45) is -1.56. The van der Waals surface area contributed by atoms with Gasteiger partial charge in [-0.15, -0.1) is 11.3 Å². The van der Waals surface area contributed by atoms with Gasteiger partial charge in [-0.1, -0.05) is 0 Å². The fourth-order valence-corrected chi connectivity index (χ4v) is 5.22. The summed E-state index contributed by atoms with van der Waals surface area (Å²) < 4.78 is 1.04. The molecule has 3 aromatic rings. The zero-order valence-electron chi connectivity index (χ0n) is 17.3. The number of aliphatic hydroxyl groups excluding tert-OH is 3. The van der Waals surface area contributed by atoms with Crippen LogP contribution in [0.4, 0.5) is 11.8 Å². The Morgan fingerprint density at radius 1 is 1.07 bits per heavy atom. The molecular weight excluding hydrogens is 404 g/mol. The SMILES string of the molecule is CNc1nc(C)c(-c2nc3c(C)nc(C)cc3s2)c(N[C@@H]2C[C@H](CO)[C@@H](O)[C@H]2O)n1. The molecule has 0 amide bonds. The van der Waals surface area contributed by atoms with Crippen molar-refractivity contribution in [2.75, 3.05) is 24.3 Å². The number of fused-ring (bicyclic) bond motifs is 1. The van der Waals surface area contributed by atoms with Crippen LogP contribution < -0.4 is 10.6 Å². The van der Waals surface area contributed by atoms with Gasteiger partial charge in [-0.2, -0.15) is 4.98 Å². The molecule has 1 aliphatic carbocycles. The molecule has 0 radical (unpaired) electrons. The van der Waals surface area contributed by atoms with Crippen LogP contribution in [0.5, 0.6) is 0 Å². The zero-order valence-corrected chi connectivity index (χ0v) is 18.2. The van der Waals surface area contributed by atoms with Gasteiger partial charge in [0.15, 0.2) is 0 Å². The van der Waals surface area contributed by atoms with E-state index in [1.54, 1.807) is 18.4 Å². The molecule has 3 heterocycles. The minimum atomic E-state index is -1.01. The first-order chi connectivity index (χ1) is 14.3. The molecule has 1 saturated carbocycles. The predicted molar refractivity (Wildman–Crippen MR) is 117 cm³/mol. The van der Waals surface area contributed by atoms with Gasteiger partial charge in [0.05, 0.1) is 33.8 Å². The maximum absolute atomic E-state index is 10.5. The Morgan fingerprint density at radius 3 is 2.50 bits per heavy atom. The molecule has 0 unspecified atom stereocenters. The molecule has 1 aliphatic rings. The van der Waals surface area contributed by atoms with Gasteiger partial charge in [-0.05, 0) is 33.3 Å². The Morgan fingerprint density at radius 2 is 1.83 bits per heavy atom. The first kappa shape index (κ1) is 20.9. The second-order valence-electron chi connectivity index (χ2n) is 7.73. The van der Waals surface area contributed by atoms with E-state index in [0.717, 1.165) is 37.9 Å². The molecule has 3 aromatic heterocycles. The lowest BCUT2D eigenvalue weighted by Gasteiger charge is -2.21. The average molecular weight is 431 g/mol. The Hall–Kier alpha value is -2.40. The summed E-state index contributed by atoms with van der Waals surface area (Å²) in [5, 5.41) is 37.1. The van der Waals surface area contributed by atoms with Crippen molar-refractivity contribution in [1.82, 2.24) is 19.9 Å². The van der Waals surface area contributed by atoms with Crippen molar-refractivity contribution < 1.29 is 15.3 Å². The summed E-state index contributed by atoms with van der Waals surface area (Å²) >= 11 is 1.54. The number of anilines is 2. The van der Waals surface area contributed by atoms with Gasteiger partial charge < -0.3 is 26.0 Å². The highest BCUT2D eigenvalue weighted by atomic mass is 32.1. The highest BCUT2D eigenvalue weighted by Gasteiger charge is 2.41. The molecule has 0 aromatic carbocycles. The largest absolute Gasteiger partial charge is 0.396 e. The summed E-state index contributed by atoms with van der Waals surface area (Å²) in [6.45, 7) is 5.61. The Kier molecular flexibility index (Phi) is 5.58. The van der Waals surface area contributed by atoms with Crippen molar-refractivity contribution in [3.8, 4) is 10.6 Å². The van der Waals surface area contributed by atoms with Gasteiger partial charge in [0.2, 0.25) is 5.95 Å². The van der Waals surface area contributed by atoms with Gasteiger partial charge in [0, 0.05) is 25.3 Å². The fraction of sp³-hybridized carbons (Fsp3) is 0.500. The molecule has 160 valence electrons. The lowest BCUT2D eigenvalue weighted by molar-refractivity contribution is 0.00446. The van der Waals surface area contributed by atoms with Crippen molar-refractivity contribution in [2.45, 2.75) is 45.4 Å². The van der Waals surface area contributed by atoms with Gasteiger partial charge in [0.1, 0.15) is 22.4 Å². The number of thiazole rings is 1. The molecule has 9 nitrogen and oxygen atoms in total. The smallest absolute Gasteiger partial charge is 0.224 e. The third-order valence-electron chi connectivity index (χ3n) is 5.57. The standard InChI is InChI=1S/C20H26N6O3S/c1-8-5-13-15(10(3)22-8)25-19(30-13)14-9(2)23-20(21-4)26-18(14)24-12-6-11(7-27)16(28)17(12)29/h5,11-12,16-17,27-29H,6-7H2,1-4H3,(H2,21,23,24,26)/t11-,12-,16-,17+/m1/s1. The number of hydrogen-bond donors (Lipinski definition) is 5. The van der Waals surface area contributed by atoms with E-state index >= 15 is 0 Å². The molecule has 5 N–H and O–H groups in total. The van der Waals surface area contributed by atoms with Crippen LogP contribution in [0.1, 0.15) is 23.5 Å². The topological polar surface area (TPSA) is 136 Å². The van der Waals surface area contributed by atoms with Crippen LogP contribution in [-0.4, -0.2) is 67.2 Å². The highest BCUT2D eigenvalue weighted by molar-refractivity contribution is 7.21. The van der Waals surface area contributed by atoms with Crippen molar-refractivity contribution in [3.05, 3.63) is 23.1 Å². The van der Waals surface area contributed by atoms with E-state index in [1.165, 1.54) is 0 Å². The lowest BCUT2D eigenvalue weighted by atomic mass is 10.1. The van der Waals surface area contributed by atoms with Crippen LogP contribution in [0, 0.1) is 26.7 Å². The third-order valence-corrected chi connectivity index (χ3v) is 6.59. The number of nitrogens with one attached hydrogen (secondary N) is 2. The summed E-state index contributed by atoms with van der Waals surface area (Å²) in [5.41, 5.74) is 4.14. The average Bonchev–Trinajstić information content (AvgIpc) is 3.23. The fourth-order valence-electron chi connectivity index (χ4n) is 4.00. The minimum absolute atomic E-state index is 0.183. The second-order valence-corrected chi connectivity index (χ2v) is 8.76. The summed E-state index contributed by atoms with van der Waals surface area (Å²) in [5.74, 6) is 0.593. The molecule has 0 bridgehead atoms. The van der Waals surface area contributed by atoms with Gasteiger partial charge in [-0.3, -0.25) is 4.98 Å². The van der Waals surface area contributed by atoms with Crippen molar-refractivity contribution in [1.29, 1.82) is 0 Å². The van der Waals surface area contributed by atoms with Crippen LogP contribution in [0.15, 0.2) is 6.07 Å². The third kappa shape index (κ3) is 3.60. The lowest BCUT2D eigenvalue weighted by Crippen LogP contribution is -2.35. The minimum Gasteiger partial charge on any atom is -0.396 e. The maximum atomic E-state index is 10.5. The number of aliphatic hydroxyl groups is 3. The number of pyridine rings is 1. The summed E-state index contributed by atoms with van der Waals surface area (Å²) in [7, 11) is 1.74. The van der Waals surface area contributed by atoms with Gasteiger partial charge in [-0.25, -0.2) is 9.97 Å². The predicted octanol–water partition coefficient (Wildman–Crippen LogP) is 1.63. The number of rotatable bonds is 5. The highest BCUT2D eigenvalue weighted by Crippen LogP contribution is 2.38. The van der Waals surface area contributed by atoms with Crippen LogP contribution in [0.2, 0.25) is 0 Å². The molecule has 0 spiro atoms. The maximum Gasteiger partial charge on any atom is 0.224 e. The van der Waals surface area contributed by atoms with Crippen LogP contribution in [-0.2, 0) is 0 Å². The quantitative estimate of drug-likeness (QED) is 0.409. The Labute approximate surface area is 178 Å². The van der Waals surface area contributed by atoms with E-state index in [4.69, 9.17) is 4.98 Å². The molecule has 10 heteroatoms. The molecular formula is C20H26N6O3S. The van der Waals surface area contributed by atoms with E-state index in [1.807, 2.05) is 26.8 Å². The van der Waals surface area contributed by atoms with E-state index in [9.17, 15) is 15.3 Å². The van der Waals surface area contributed by atoms with E-state index in [2.05, 4.69) is 25.6 Å². The molecule has 30 heavy (non-hydrogen) atoms. The van der Waals surface area contributed by atoms with E-state index in [-0.39, 0.29) is 12.5 Å². The van der Waals surface area contributed by atoms with E-state index in [0.29, 0.717) is 18.2 Å². The number of aromatic nitrogens is 4. The first-order valence-corrected chi connectivity index (χ1v) is 10.7. The molecule has 0 aliphatic heterocycles. The van der Waals surface area contributed by atoms with Crippen LogP contribution in [0.25, 0.3) is 20.8 Å². The molecule has 1 fully saturated rings. The van der Waals surface area contributed by atoms with E-state index < -0.39 is 18.2 Å². The summed E-state index contributed by atoms with van der Waals surface area (Å²) in [6, 6.07) is 1.56. The van der Waals surface area contributed by atoms with Crippen LogP contribution >= 0.6 is 11.3 Å². The number of hydrogen-bond acceptors (Lipinski definition) is 10. The normalized spacial score (nSPS) is 23.8. The Bertz CT molecular complexity index is 1090. The van der Waals surface area contributed by atoms with Crippen molar-refractivity contribution >= 4 is 33.3 Å². The molecule has 4 atom stereocenters. The van der Waals surface area contributed by atoms with Gasteiger partial charge >= 0.3 is 0 Å². The van der Waals surface area contributed by atoms with Gasteiger partial charge in [0.25, 0.3) is 0 Å². The van der Waals surface area contributed by atoms with Crippen LogP contribution in [0.3, 0.4) is 0 Å². The first-order valence-electron chi connectivity index (χ1n) is 9.87. The summed E-state index contributed by atoms with van der Waals surface area (Å²) in [4.78, 5) is 18.4. The zero-order chi connectivity index (χ0) is 21.6. The molecule has 0 saturated heterocycles. The monoisotopic (exact) mass is 430 g/mol. The second kappa shape index (κ2) is 8.03. The number of nitrogens with zero attached hydrogens (tertiary/aromatic N) is 4. The number of aryl methyl sites for hydroxylation is 3.